The molecule has 0 N–H and O–H groups in total. The number of hydrogen-bond donors (Lipinski definition) is 0. The van der Waals surface area contributed by atoms with Crippen LogP contribution in [0.1, 0.15) is 59.5 Å². The SMILES string of the molecule is COC(=O)c1ccc2c(C3CCCCC3)c3n(c2c1)CC(S(=O)(=O)CCN(C)C)=Cc1cc(OC)ccc1-3. The Kier molecular flexibility index (Phi) is 7.38. The summed E-state index contributed by atoms with van der Waals surface area (Å²) in [5.74, 6) is 0.674. The van der Waals surface area contributed by atoms with Gasteiger partial charge in [-0.15, -0.1) is 0 Å². The van der Waals surface area contributed by atoms with E-state index in [1.807, 2.05) is 61.5 Å². The summed E-state index contributed by atoms with van der Waals surface area (Å²) in [5.41, 5.74) is 5.43. The predicted octanol–water partition coefficient (Wildman–Crippen LogP) is 5.48. The lowest BCUT2D eigenvalue weighted by molar-refractivity contribution is 0.0601. The Labute approximate surface area is 225 Å². The molecule has 2 aromatic carbocycles. The molecule has 0 atom stereocenters. The molecule has 8 heteroatoms. The third kappa shape index (κ3) is 4.87. The van der Waals surface area contributed by atoms with Gasteiger partial charge < -0.3 is 18.9 Å². The molecule has 1 fully saturated rings. The number of fused-ring (bicyclic) bond motifs is 5. The molecule has 1 saturated carbocycles. The minimum atomic E-state index is -3.56. The molecule has 1 aromatic heterocycles. The smallest absolute Gasteiger partial charge is 0.337 e. The summed E-state index contributed by atoms with van der Waals surface area (Å²) in [6, 6.07) is 11.6. The summed E-state index contributed by atoms with van der Waals surface area (Å²) >= 11 is 0. The summed E-state index contributed by atoms with van der Waals surface area (Å²) < 4.78 is 40.0. The van der Waals surface area contributed by atoms with Crippen molar-refractivity contribution in [3.05, 3.63) is 58.0 Å². The minimum Gasteiger partial charge on any atom is -0.497 e. The van der Waals surface area contributed by atoms with Gasteiger partial charge in [0.05, 0.1) is 42.7 Å². The zero-order valence-electron chi connectivity index (χ0n) is 22.6. The Hall–Kier alpha value is -3.10. The van der Waals surface area contributed by atoms with Crippen LogP contribution in [0.2, 0.25) is 0 Å². The third-order valence-electron chi connectivity index (χ3n) is 7.89. The highest BCUT2D eigenvalue weighted by molar-refractivity contribution is 7.95. The molecule has 0 saturated heterocycles. The first-order chi connectivity index (χ1) is 18.2. The lowest BCUT2D eigenvalue weighted by atomic mass is 9.81. The van der Waals surface area contributed by atoms with Crippen LogP contribution >= 0.6 is 0 Å². The number of rotatable bonds is 7. The van der Waals surface area contributed by atoms with Gasteiger partial charge in [-0.1, -0.05) is 25.3 Å². The maximum Gasteiger partial charge on any atom is 0.337 e. The number of nitrogens with zero attached hydrogens (tertiary/aromatic N) is 2. The summed E-state index contributed by atoms with van der Waals surface area (Å²) in [4.78, 5) is 14.7. The van der Waals surface area contributed by atoms with E-state index in [0.717, 1.165) is 40.6 Å². The van der Waals surface area contributed by atoms with Crippen LogP contribution in [0.15, 0.2) is 41.3 Å². The molecule has 1 aliphatic carbocycles. The first-order valence-corrected chi connectivity index (χ1v) is 14.9. The Morgan fingerprint density at radius 2 is 1.82 bits per heavy atom. The molecule has 38 heavy (non-hydrogen) atoms. The largest absolute Gasteiger partial charge is 0.497 e. The van der Waals surface area contributed by atoms with Crippen molar-refractivity contribution < 1.29 is 22.7 Å². The molecular formula is C30H36N2O5S. The molecule has 0 spiro atoms. The average Bonchev–Trinajstić information content (AvgIpc) is 3.13. The molecule has 1 aliphatic heterocycles. The van der Waals surface area contributed by atoms with Crippen molar-refractivity contribution in [3.8, 4) is 17.0 Å². The first-order valence-electron chi connectivity index (χ1n) is 13.2. The second-order valence-electron chi connectivity index (χ2n) is 10.6. The van der Waals surface area contributed by atoms with Gasteiger partial charge >= 0.3 is 5.97 Å². The lowest BCUT2D eigenvalue weighted by Crippen LogP contribution is -2.24. The van der Waals surface area contributed by atoms with Gasteiger partial charge in [-0.3, -0.25) is 0 Å². The maximum atomic E-state index is 13.7. The number of ether oxygens (including phenoxy) is 2. The van der Waals surface area contributed by atoms with E-state index >= 15 is 0 Å². The van der Waals surface area contributed by atoms with E-state index in [9.17, 15) is 13.2 Å². The van der Waals surface area contributed by atoms with Crippen molar-refractivity contribution in [1.82, 2.24) is 9.47 Å². The topological polar surface area (TPSA) is 77.8 Å². The van der Waals surface area contributed by atoms with Gasteiger partial charge in [-0.2, -0.15) is 0 Å². The second-order valence-corrected chi connectivity index (χ2v) is 12.8. The molecule has 7 nitrogen and oxygen atoms in total. The van der Waals surface area contributed by atoms with Crippen molar-refractivity contribution in [2.45, 2.75) is 44.6 Å². The summed E-state index contributed by atoms with van der Waals surface area (Å²) in [7, 11) is 3.19. The van der Waals surface area contributed by atoms with Crippen LogP contribution in [0.4, 0.5) is 0 Å². The highest BCUT2D eigenvalue weighted by Crippen LogP contribution is 2.47. The number of methoxy groups -OCH3 is 2. The molecule has 5 rings (SSSR count). The Bertz CT molecular complexity index is 1510. The van der Waals surface area contributed by atoms with E-state index in [1.54, 1.807) is 7.11 Å². The van der Waals surface area contributed by atoms with Gasteiger partial charge in [-0.25, -0.2) is 13.2 Å². The number of allylic oxidation sites excluding steroid dienone is 1. The van der Waals surface area contributed by atoms with Gasteiger partial charge in [0.1, 0.15) is 5.75 Å². The maximum absolute atomic E-state index is 13.7. The van der Waals surface area contributed by atoms with Crippen LogP contribution in [0.3, 0.4) is 0 Å². The normalized spacial score (nSPS) is 16.1. The summed E-state index contributed by atoms with van der Waals surface area (Å²) in [6.45, 7) is 0.639. The van der Waals surface area contributed by atoms with Crippen LogP contribution in [0.5, 0.6) is 5.75 Å². The molecule has 0 radical (unpaired) electrons. The van der Waals surface area contributed by atoms with E-state index in [4.69, 9.17) is 9.47 Å². The van der Waals surface area contributed by atoms with Crippen molar-refractivity contribution in [2.75, 3.05) is 40.6 Å². The molecule has 0 unspecified atom stereocenters. The van der Waals surface area contributed by atoms with Gasteiger partial charge in [0.2, 0.25) is 0 Å². The third-order valence-corrected chi connectivity index (χ3v) is 9.66. The van der Waals surface area contributed by atoms with E-state index in [2.05, 4.69) is 4.57 Å². The van der Waals surface area contributed by atoms with Crippen molar-refractivity contribution in [3.63, 3.8) is 0 Å². The fourth-order valence-corrected chi connectivity index (χ4v) is 7.38. The lowest BCUT2D eigenvalue weighted by Gasteiger charge is -2.24. The minimum absolute atomic E-state index is 0.0303. The second kappa shape index (κ2) is 10.6. The first kappa shape index (κ1) is 26.5. The quantitative estimate of drug-likeness (QED) is 0.372. The number of sulfone groups is 1. The van der Waals surface area contributed by atoms with E-state index in [1.165, 1.54) is 31.9 Å². The van der Waals surface area contributed by atoms with Crippen LogP contribution in [0.25, 0.3) is 28.2 Å². The highest BCUT2D eigenvalue weighted by Gasteiger charge is 2.32. The van der Waals surface area contributed by atoms with Gasteiger partial charge in [0.25, 0.3) is 0 Å². The van der Waals surface area contributed by atoms with Crippen molar-refractivity contribution >= 4 is 32.8 Å². The Morgan fingerprint density at radius 3 is 2.50 bits per heavy atom. The van der Waals surface area contributed by atoms with Crippen LogP contribution in [-0.4, -0.2) is 64.5 Å². The van der Waals surface area contributed by atoms with E-state index in [-0.39, 0.29) is 12.3 Å². The van der Waals surface area contributed by atoms with Crippen molar-refractivity contribution in [1.29, 1.82) is 0 Å². The molecule has 0 amide bonds. The van der Waals surface area contributed by atoms with Gasteiger partial charge in [-0.05, 0) is 80.4 Å². The van der Waals surface area contributed by atoms with Gasteiger partial charge in [0, 0.05) is 23.0 Å². The number of hydrogen-bond acceptors (Lipinski definition) is 6. The fourth-order valence-electron chi connectivity index (χ4n) is 5.88. The number of carbonyl (C=O) groups is 1. The average molecular weight is 537 g/mol. The molecule has 2 heterocycles. The van der Waals surface area contributed by atoms with Gasteiger partial charge in [0.15, 0.2) is 9.84 Å². The number of esters is 1. The number of carbonyl (C=O) groups excluding carboxylic acids is 1. The molecule has 202 valence electrons. The predicted molar refractivity (Wildman–Crippen MR) is 151 cm³/mol. The monoisotopic (exact) mass is 536 g/mol. The fraction of sp³-hybridized carbons (Fsp3) is 0.433. The number of benzene rings is 2. The molecular weight excluding hydrogens is 500 g/mol. The summed E-state index contributed by atoms with van der Waals surface area (Å²) in [6.07, 6.45) is 7.59. The van der Waals surface area contributed by atoms with Crippen LogP contribution in [-0.2, 0) is 21.1 Å². The summed E-state index contributed by atoms with van der Waals surface area (Å²) in [5, 5.41) is 1.08. The highest BCUT2D eigenvalue weighted by atomic mass is 32.2. The Morgan fingerprint density at radius 1 is 1.05 bits per heavy atom. The zero-order valence-corrected chi connectivity index (χ0v) is 23.4. The zero-order chi connectivity index (χ0) is 27.0. The van der Waals surface area contributed by atoms with E-state index in [0.29, 0.717) is 28.7 Å². The molecule has 3 aromatic rings. The van der Waals surface area contributed by atoms with Crippen LogP contribution < -0.4 is 4.74 Å². The standard InChI is InChI=1S/C30H36N2O5S/c1-31(2)14-15-38(34,35)24-17-22-16-23(36-3)11-13-25(22)29-28(20-8-6-5-7-9-20)26-12-10-21(30(33)37-4)18-27(26)32(29)19-24/h10-13,16-18,20H,5-9,14-15,19H2,1-4H3. The Balaban J connectivity index is 1.81. The van der Waals surface area contributed by atoms with Crippen LogP contribution in [0, 0.1) is 0 Å². The number of aromatic nitrogens is 1. The van der Waals surface area contributed by atoms with Crippen molar-refractivity contribution in [2.24, 2.45) is 0 Å². The van der Waals surface area contributed by atoms with E-state index < -0.39 is 15.8 Å². The molecule has 2 aliphatic rings. The molecule has 0 bridgehead atoms.